The summed E-state index contributed by atoms with van der Waals surface area (Å²) in [5.41, 5.74) is 1.85. The first-order valence-electron chi connectivity index (χ1n) is 8.39. The molecule has 0 amide bonds. The van der Waals surface area contributed by atoms with Gasteiger partial charge in [0.15, 0.2) is 5.11 Å². The number of esters is 1. The second-order valence-electron chi connectivity index (χ2n) is 6.20. The van der Waals surface area contributed by atoms with E-state index in [1.807, 2.05) is 6.92 Å². The number of rotatable bonds is 6. The monoisotopic (exact) mass is 354 g/mol. The van der Waals surface area contributed by atoms with Gasteiger partial charge < -0.3 is 15.4 Å². The summed E-state index contributed by atoms with van der Waals surface area (Å²) in [4.78, 5) is 13.7. The third-order valence-electron chi connectivity index (χ3n) is 3.89. The van der Waals surface area contributed by atoms with Crippen LogP contribution in [-0.2, 0) is 17.6 Å². The van der Waals surface area contributed by atoms with Gasteiger partial charge in [0.1, 0.15) is 5.00 Å². The van der Waals surface area contributed by atoms with Crippen LogP contribution in [-0.4, -0.2) is 24.2 Å². The molecule has 1 heterocycles. The average Bonchev–Trinajstić information content (AvgIpc) is 2.84. The Morgan fingerprint density at radius 3 is 2.78 bits per heavy atom. The number of aryl methyl sites for hydroxylation is 1. The van der Waals surface area contributed by atoms with Crippen LogP contribution in [0.3, 0.4) is 0 Å². The lowest BCUT2D eigenvalue weighted by molar-refractivity contribution is 0.0526. The Morgan fingerprint density at radius 2 is 2.09 bits per heavy atom. The smallest absolute Gasteiger partial charge is 0.341 e. The molecular weight excluding hydrogens is 328 g/mol. The maximum Gasteiger partial charge on any atom is 0.341 e. The molecule has 6 heteroatoms. The molecule has 0 spiro atoms. The predicted octanol–water partition coefficient (Wildman–Crippen LogP) is 4.14. The van der Waals surface area contributed by atoms with Gasteiger partial charge in [-0.1, -0.05) is 13.8 Å². The SMILES string of the molecule is CCOC(=O)c1c(NC(=S)NCCC(C)C)sc2c1CCCC2. The zero-order chi connectivity index (χ0) is 16.8. The molecule has 0 fully saturated rings. The Bertz CT molecular complexity index is 567. The summed E-state index contributed by atoms with van der Waals surface area (Å²) in [6.45, 7) is 7.43. The first kappa shape index (κ1) is 18.2. The number of thiophene rings is 1. The molecule has 0 saturated heterocycles. The van der Waals surface area contributed by atoms with E-state index in [-0.39, 0.29) is 5.97 Å². The van der Waals surface area contributed by atoms with Crippen molar-refractivity contribution in [3.63, 3.8) is 0 Å². The first-order valence-corrected chi connectivity index (χ1v) is 9.61. The third kappa shape index (κ3) is 4.91. The summed E-state index contributed by atoms with van der Waals surface area (Å²) < 4.78 is 5.25. The van der Waals surface area contributed by atoms with Crippen molar-refractivity contribution in [2.75, 3.05) is 18.5 Å². The van der Waals surface area contributed by atoms with Crippen LogP contribution >= 0.6 is 23.6 Å². The number of hydrogen-bond acceptors (Lipinski definition) is 4. The topological polar surface area (TPSA) is 50.4 Å². The fourth-order valence-electron chi connectivity index (χ4n) is 2.69. The van der Waals surface area contributed by atoms with Gasteiger partial charge in [-0.3, -0.25) is 0 Å². The Hall–Kier alpha value is -1.14. The van der Waals surface area contributed by atoms with Crippen molar-refractivity contribution in [3.8, 4) is 0 Å². The van der Waals surface area contributed by atoms with Gasteiger partial charge >= 0.3 is 5.97 Å². The molecule has 0 aromatic carbocycles. The summed E-state index contributed by atoms with van der Waals surface area (Å²) in [5.74, 6) is 0.397. The Morgan fingerprint density at radius 1 is 1.35 bits per heavy atom. The molecule has 1 aromatic heterocycles. The molecule has 23 heavy (non-hydrogen) atoms. The van der Waals surface area contributed by atoms with Crippen LogP contribution in [0.4, 0.5) is 5.00 Å². The largest absolute Gasteiger partial charge is 0.462 e. The maximum atomic E-state index is 12.4. The number of anilines is 1. The number of nitrogens with one attached hydrogen (secondary N) is 2. The van der Waals surface area contributed by atoms with Crippen molar-refractivity contribution in [2.45, 2.75) is 52.9 Å². The lowest BCUT2D eigenvalue weighted by Crippen LogP contribution is -2.30. The van der Waals surface area contributed by atoms with Crippen LogP contribution < -0.4 is 10.6 Å². The highest BCUT2D eigenvalue weighted by Crippen LogP contribution is 2.38. The predicted molar refractivity (Wildman–Crippen MR) is 101 cm³/mol. The van der Waals surface area contributed by atoms with Gasteiger partial charge in [0.05, 0.1) is 12.2 Å². The van der Waals surface area contributed by atoms with Crippen LogP contribution in [0, 0.1) is 5.92 Å². The van der Waals surface area contributed by atoms with Crippen molar-refractivity contribution < 1.29 is 9.53 Å². The molecule has 0 aliphatic heterocycles. The van der Waals surface area contributed by atoms with Gasteiger partial charge in [-0.15, -0.1) is 11.3 Å². The molecule has 128 valence electrons. The van der Waals surface area contributed by atoms with Crippen LogP contribution in [0.2, 0.25) is 0 Å². The molecule has 0 bridgehead atoms. The first-order chi connectivity index (χ1) is 11.0. The van der Waals surface area contributed by atoms with Crippen LogP contribution in [0.5, 0.6) is 0 Å². The highest BCUT2D eigenvalue weighted by molar-refractivity contribution is 7.80. The second-order valence-corrected chi connectivity index (χ2v) is 7.71. The number of thiocarbonyl (C=S) groups is 1. The summed E-state index contributed by atoms with van der Waals surface area (Å²) in [6.07, 6.45) is 5.38. The normalized spacial score (nSPS) is 13.6. The number of fused-ring (bicyclic) bond motifs is 1. The minimum atomic E-state index is -0.237. The van der Waals surface area contributed by atoms with Gasteiger partial charge in [0, 0.05) is 11.4 Å². The van der Waals surface area contributed by atoms with E-state index in [1.54, 1.807) is 11.3 Å². The van der Waals surface area contributed by atoms with Gasteiger partial charge in [-0.25, -0.2) is 4.79 Å². The molecule has 2 rings (SSSR count). The molecule has 1 aliphatic rings. The van der Waals surface area contributed by atoms with Gasteiger partial charge in [0.2, 0.25) is 0 Å². The number of carbonyl (C=O) groups excluding carboxylic acids is 1. The van der Waals surface area contributed by atoms with Crippen LogP contribution in [0.25, 0.3) is 0 Å². The average molecular weight is 355 g/mol. The lowest BCUT2D eigenvalue weighted by atomic mass is 9.95. The number of hydrogen-bond donors (Lipinski definition) is 2. The fourth-order valence-corrected chi connectivity index (χ4v) is 4.25. The maximum absolute atomic E-state index is 12.4. The summed E-state index contributed by atoms with van der Waals surface area (Å²) >= 11 is 7.02. The molecule has 0 radical (unpaired) electrons. The Kier molecular flexibility index (Phi) is 6.84. The molecule has 0 unspecified atom stereocenters. The van der Waals surface area contributed by atoms with E-state index in [0.717, 1.165) is 42.8 Å². The molecule has 1 aromatic rings. The summed E-state index contributed by atoms with van der Waals surface area (Å²) in [7, 11) is 0. The van der Waals surface area contributed by atoms with Crippen LogP contribution in [0.15, 0.2) is 0 Å². The molecule has 1 aliphatic carbocycles. The second kappa shape index (κ2) is 8.64. The summed E-state index contributed by atoms with van der Waals surface area (Å²) in [5, 5.41) is 7.84. The van der Waals surface area contributed by atoms with Crippen molar-refractivity contribution >= 4 is 39.6 Å². The molecule has 2 N–H and O–H groups in total. The van der Waals surface area contributed by atoms with E-state index in [0.29, 0.717) is 23.2 Å². The fraction of sp³-hybridized carbons (Fsp3) is 0.647. The minimum absolute atomic E-state index is 0.237. The van der Waals surface area contributed by atoms with E-state index < -0.39 is 0 Å². The lowest BCUT2D eigenvalue weighted by Gasteiger charge is -2.13. The third-order valence-corrected chi connectivity index (χ3v) is 5.34. The zero-order valence-electron chi connectivity index (χ0n) is 14.2. The van der Waals surface area contributed by atoms with Gasteiger partial charge in [0.25, 0.3) is 0 Å². The Labute approximate surface area is 148 Å². The van der Waals surface area contributed by atoms with E-state index in [2.05, 4.69) is 24.5 Å². The molecular formula is C17H26N2O2S2. The highest BCUT2D eigenvalue weighted by Gasteiger charge is 2.26. The van der Waals surface area contributed by atoms with E-state index >= 15 is 0 Å². The Balaban J connectivity index is 2.12. The van der Waals surface area contributed by atoms with E-state index in [9.17, 15) is 4.79 Å². The van der Waals surface area contributed by atoms with Crippen molar-refractivity contribution in [1.82, 2.24) is 5.32 Å². The molecule has 4 nitrogen and oxygen atoms in total. The quantitative estimate of drug-likeness (QED) is 0.594. The summed E-state index contributed by atoms with van der Waals surface area (Å²) in [6, 6.07) is 0. The van der Waals surface area contributed by atoms with Crippen molar-refractivity contribution in [2.24, 2.45) is 5.92 Å². The molecule has 0 atom stereocenters. The van der Waals surface area contributed by atoms with Crippen molar-refractivity contribution in [1.29, 1.82) is 0 Å². The van der Waals surface area contributed by atoms with Gasteiger partial charge in [-0.2, -0.15) is 0 Å². The number of ether oxygens (including phenoxy) is 1. The highest BCUT2D eigenvalue weighted by atomic mass is 32.1. The minimum Gasteiger partial charge on any atom is -0.462 e. The van der Waals surface area contributed by atoms with Gasteiger partial charge in [-0.05, 0) is 62.7 Å². The van der Waals surface area contributed by atoms with Crippen molar-refractivity contribution in [3.05, 3.63) is 16.0 Å². The van der Waals surface area contributed by atoms with E-state index in [1.165, 1.54) is 11.3 Å². The standard InChI is InChI=1S/C17H26N2O2S2/c1-4-21-16(20)14-12-7-5-6-8-13(12)23-15(14)19-17(22)18-10-9-11(2)3/h11H,4-10H2,1-3H3,(H2,18,19,22). The molecule has 0 saturated carbocycles. The zero-order valence-corrected chi connectivity index (χ0v) is 15.8. The van der Waals surface area contributed by atoms with Crippen LogP contribution in [0.1, 0.15) is 60.8 Å². The van der Waals surface area contributed by atoms with E-state index in [4.69, 9.17) is 17.0 Å². The number of carbonyl (C=O) groups is 1.